The minimum atomic E-state index is 0.638. The van der Waals surface area contributed by atoms with Gasteiger partial charge in [-0.2, -0.15) is 10.1 Å². The van der Waals surface area contributed by atoms with E-state index in [1.54, 1.807) is 0 Å². The average molecular weight is 167 g/mol. The van der Waals surface area contributed by atoms with Gasteiger partial charge in [0.1, 0.15) is 0 Å². The number of hydrogen-bond donors (Lipinski definition) is 1. The summed E-state index contributed by atoms with van der Waals surface area (Å²) in [6.45, 7) is 6.31. The van der Waals surface area contributed by atoms with Crippen molar-refractivity contribution in [3.05, 3.63) is 11.8 Å². The van der Waals surface area contributed by atoms with Crippen molar-refractivity contribution in [3.8, 4) is 0 Å². The van der Waals surface area contributed by atoms with Crippen LogP contribution in [0.1, 0.15) is 19.5 Å². The summed E-state index contributed by atoms with van der Waals surface area (Å²) in [5.74, 6) is 1.31. The highest BCUT2D eigenvalue weighted by Crippen LogP contribution is 2.08. The van der Waals surface area contributed by atoms with Crippen LogP contribution in [-0.4, -0.2) is 22.7 Å². The van der Waals surface area contributed by atoms with Crippen LogP contribution in [0.25, 0.3) is 0 Å². The molecule has 1 aromatic heterocycles. The summed E-state index contributed by atoms with van der Waals surface area (Å²) < 4.78 is 5.15. The normalized spacial score (nSPS) is 11.8. The molecule has 0 aliphatic carbocycles. The average Bonchev–Trinajstić information content (AvgIpc) is 2.36. The molecule has 1 N–H and O–H groups in total. The third-order valence-corrected chi connectivity index (χ3v) is 1.32. The lowest BCUT2D eigenvalue weighted by Crippen LogP contribution is -1.97. The minimum Gasteiger partial charge on any atom is -0.481 e. The molecule has 0 saturated heterocycles. The first-order valence-electron chi connectivity index (χ1n) is 3.92. The molecule has 1 aromatic rings. The van der Waals surface area contributed by atoms with Gasteiger partial charge in [-0.15, -0.1) is 0 Å². The summed E-state index contributed by atoms with van der Waals surface area (Å²) in [6.07, 6.45) is 0. The second-order valence-electron chi connectivity index (χ2n) is 2.47. The van der Waals surface area contributed by atoms with Crippen molar-refractivity contribution in [2.75, 3.05) is 6.61 Å². The largest absolute Gasteiger partial charge is 0.481 e. The van der Waals surface area contributed by atoms with Crippen LogP contribution in [-0.2, 0) is 4.74 Å². The molecule has 0 atom stereocenters. The maximum Gasteiger partial charge on any atom is 0.186 e. The van der Waals surface area contributed by atoms with Gasteiger partial charge in [0, 0.05) is 18.7 Å². The van der Waals surface area contributed by atoms with Gasteiger partial charge in [0.25, 0.3) is 0 Å². The Bertz CT molecular complexity index is 278. The summed E-state index contributed by atoms with van der Waals surface area (Å²) in [5, 5.41) is 6.75. The van der Waals surface area contributed by atoms with Gasteiger partial charge in [-0.3, -0.25) is 5.10 Å². The summed E-state index contributed by atoms with van der Waals surface area (Å²) in [4.78, 5) is 4.12. The molecule has 0 spiro atoms. The number of H-pyrrole nitrogens is 1. The quantitative estimate of drug-likeness (QED) is 0.539. The summed E-state index contributed by atoms with van der Waals surface area (Å²) in [6, 6.07) is 1.86. The lowest BCUT2D eigenvalue weighted by atomic mass is 10.5. The van der Waals surface area contributed by atoms with Crippen LogP contribution in [0.3, 0.4) is 0 Å². The Morgan fingerprint density at radius 2 is 2.50 bits per heavy atom. The van der Waals surface area contributed by atoms with E-state index in [0.29, 0.717) is 18.3 Å². The number of aromatic amines is 1. The highest BCUT2D eigenvalue weighted by molar-refractivity contribution is 5.75. The highest BCUT2D eigenvalue weighted by Gasteiger charge is 1.95. The van der Waals surface area contributed by atoms with Crippen molar-refractivity contribution in [3.63, 3.8) is 0 Å². The van der Waals surface area contributed by atoms with Crippen LogP contribution < -0.4 is 0 Å². The van der Waals surface area contributed by atoms with E-state index in [-0.39, 0.29) is 0 Å². The zero-order chi connectivity index (χ0) is 8.97. The predicted octanol–water partition coefficient (Wildman–Crippen LogP) is 1.80. The van der Waals surface area contributed by atoms with Crippen molar-refractivity contribution < 1.29 is 4.74 Å². The molecular weight excluding hydrogens is 154 g/mol. The number of rotatable bonds is 2. The zero-order valence-corrected chi connectivity index (χ0v) is 7.59. The number of aliphatic imine (C=N–C) groups is 1. The fourth-order valence-electron chi connectivity index (χ4n) is 0.863. The molecule has 0 bridgehead atoms. The number of aromatic nitrogens is 2. The molecule has 0 amide bonds. The Hall–Kier alpha value is -1.32. The van der Waals surface area contributed by atoms with E-state index in [1.165, 1.54) is 0 Å². The van der Waals surface area contributed by atoms with E-state index in [4.69, 9.17) is 4.74 Å². The first kappa shape index (κ1) is 8.77. The Morgan fingerprint density at radius 1 is 1.75 bits per heavy atom. The van der Waals surface area contributed by atoms with E-state index in [1.807, 2.05) is 26.8 Å². The molecular formula is C8H13N3O. The molecule has 0 aliphatic heterocycles. The van der Waals surface area contributed by atoms with E-state index < -0.39 is 0 Å². The van der Waals surface area contributed by atoms with Gasteiger partial charge >= 0.3 is 0 Å². The number of hydrogen-bond acceptors (Lipinski definition) is 3. The zero-order valence-electron chi connectivity index (χ0n) is 7.59. The molecule has 12 heavy (non-hydrogen) atoms. The molecule has 0 radical (unpaired) electrons. The smallest absolute Gasteiger partial charge is 0.186 e. The first-order chi connectivity index (χ1) is 5.72. The lowest BCUT2D eigenvalue weighted by Gasteiger charge is -1.98. The lowest BCUT2D eigenvalue weighted by molar-refractivity contribution is 0.325. The van der Waals surface area contributed by atoms with Crippen molar-refractivity contribution in [1.29, 1.82) is 0 Å². The summed E-state index contributed by atoms with van der Waals surface area (Å²) in [7, 11) is 0. The monoisotopic (exact) mass is 167 g/mol. The SMILES string of the molecule is CCOC(C)=Nc1cc(C)[nH]n1. The fraction of sp³-hybridized carbons (Fsp3) is 0.500. The molecule has 4 heteroatoms. The molecule has 0 unspecified atom stereocenters. The molecule has 66 valence electrons. The predicted molar refractivity (Wildman–Crippen MR) is 47.7 cm³/mol. The van der Waals surface area contributed by atoms with E-state index >= 15 is 0 Å². The fourth-order valence-corrected chi connectivity index (χ4v) is 0.863. The van der Waals surface area contributed by atoms with Crippen molar-refractivity contribution in [1.82, 2.24) is 10.2 Å². The van der Waals surface area contributed by atoms with Crippen LogP contribution in [0.4, 0.5) is 5.82 Å². The Balaban J connectivity index is 2.67. The van der Waals surface area contributed by atoms with Crippen LogP contribution >= 0.6 is 0 Å². The highest BCUT2D eigenvalue weighted by atomic mass is 16.5. The number of ether oxygens (including phenoxy) is 1. The van der Waals surface area contributed by atoms with Gasteiger partial charge in [0.05, 0.1) is 6.61 Å². The second kappa shape index (κ2) is 3.90. The summed E-state index contributed by atoms with van der Waals surface area (Å²) >= 11 is 0. The van der Waals surface area contributed by atoms with Gasteiger partial charge in [-0.05, 0) is 13.8 Å². The second-order valence-corrected chi connectivity index (χ2v) is 2.47. The van der Waals surface area contributed by atoms with Crippen LogP contribution in [0.2, 0.25) is 0 Å². The van der Waals surface area contributed by atoms with Crippen LogP contribution in [0.15, 0.2) is 11.1 Å². The van der Waals surface area contributed by atoms with Gasteiger partial charge in [-0.1, -0.05) is 0 Å². The van der Waals surface area contributed by atoms with Crippen molar-refractivity contribution >= 4 is 11.7 Å². The number of nitrogens with one attached hydrogen (secondary N) is 1. The van der Waals surface area contributed by atoms with E-state index in [9.17, 15) is 0 Å². The third kappa shape index (κ3) is 2.38. The van der Waals surface area contributed by atoms with Gasteiger partial charge in [0.2, 0.25) is 0 Å². The topological polar surface area (TPSA) is 50.3 Å². The minimum absolute atomic E-state index is 0.638. The van der Waals surface area contributed by atoms with E-state index in [2.05, 4.69) is 15.2 Å². The molecule has 0 fully saturated rings. The third-order valence-electron chi connectivity index (χ3n) is 1.32. The summed E-state index contributed by atoms with van der Waals surface area (Å²) in [5.41, 5.74) is 0.998. The maximum atomic E-state index is 5.15. The van der Waals surface area contributed by atoms with Gasteiger partial charge < -0.3 is 4.74 Å². The van der Waals surface area contributed by atoms with Crippen LogP contribution in [0, 0.1) is 6.92 Å². The Kier molecular flexibility index (Phi) is 2.85. The van der Waals surface area contributed by atoms with Crippen molar-refractivity contribution in [2.45, 2.75) is 20.8 Å². The van der Waals surface area contributed by atoms with Crippen molar-refractivity contribution in [2.24, 2.45) is 4.99 Å². The first-order valence-corrected chi connectivity index (χ1v) is 3.92. The molecule has 0 saturated carbocycles. The molecule has 4 nitrogen and oxygen atoms in total. The molecule has 1 heterocycles. The maximum absolute atomic E-state index is 5.15. The number of aryl methyl sites for hydroxylation is 1. The van der Waals surface area contributed by atoms with E-state index in [0.717, 1.165) is 5.69 Å². The van der Waals surface area contributed by atoms with Gasteiger partial charge in [-0.25, -0.2) is 0 Å². The molecule has 0 aliphatic rings. The number of nitrogens with zero attached hydrogens (tertiary/aromatic N) is 2. The molecule has 1 rings (SSSR count). The Labute approximate surface area is 71.7 Å². The Morgan fingerprint density at radius 3 is 3.00 bits per heavy atom. The molecule has 0 aromatic carbocycles. The van der Waals surface area contributed by atoms with Crippen LogP contribution in [0.5, 0.6) is 0 Å². The van der Waals surface area contributed by atoms with Gasteiger partial charge in [0.15, 0.2) is 11.7 Å². The standard InChI is InChI=1S/C8H13N3O/c1-4-12-7(3)9-8-5-6(2)10-11-8/h5H,4H2,1-3H3,(H,10,11).